The average molecular weight is 296 g/mol. The second-order valence-electron chi connectivity index (χ2n) is 5.31. The Labute approximate surface area is 130 Å². The number of nitrogens with one attached hydrogen (secondary N) is 1. The van der Waals surface area contributed by atoms with Crippen LogP contribution in [0.3, 0.4) is 0 Å². The van der Waals surface area contributed by atoms with Crippen LogP contribution in [0.4, 0.5) is 0 Å². The molecule has 0 spiro atoms. The predicted octanol–water partition coefficient (Wildman–Crippen LogP) is 2.98. The first kappa shape index (κ1) is 14.6. The predicted molar refractivity (Wildman–Crippen MR) is 87.2 cm³/mol. The highest BCUT2D eigenvalue weighted by Crippen LogP contribution is 2.19. The monoisotopic (exact) mass is 296 g/mol. The van der Waals surface area contributed by atoms with Gasteiger partial charge in [0.2, 0.25) is 0 Å². The number of rotatable bonds is 6. The molecule has 0 unspecified atom stereocenters. The summed E-state index contributed by atoms with van der Waals surface area (Å²) in [6.07, 6.45) is 0.925. The van der Waals surface area contributed by atoms with Crippen molar-refractivity contribution in [1.82, 2.24) is 5.32 Å². The zero-order chi connectivity index (χ0) is 15.2. The van der Waals surface area contributed by atoms with E-state index >= 15 is 0 Å². The molecule has 114 valence electrons. The van der Waals surface area contributed by atoms with E-state index in [9.17, 15) is 0 Å². The fraction of sp³-hybridized carbons (Fsp3) is 0.278. The van der Waals surface area contributed by atoms with Crippen LogP contribution in [0.2, 0.25) is 0 Å². The van der Waals surface area contributed by atoms with Gasteiger partial charge in [-0.05, 0) is 35.4 Å². The molecule has 1 N–H and O–H groups in total. The summed E-state index contributed by atoms with van der Waals surface area (Å²) in [4.78, 5) is 5.51. The number of oxime groups is 1. The van der Waals surface area contributed by atoms with Gasteiger partial charge in [-0.15, -0.1) is 0 Å². The minimum atomic E-state index is 0.0980. The largest absolute Gasteiger partial charge is 0.497 e. The summed E-state index contributed by atoms with van der Waals surface area (Å²) >= 11 is 0. The van der Waals surface area contributed by atoms with Gasteiger partial charge in [-0.25, -0.2) is 0 Å². The molecule has 0 aromatic heterocycles. The number of hydrogen-bond donors (Lipinski definition) is 1. The molecule has 0 saturated carbocycles. The van der Waals surface area contributed by atoms with E-state index in [-0.39, 0.29) is 6.10 Å². The molecule has 0 radical (unpaired) electrons. The number of methoxy groups -OCH3 is 1. The number of ether oxygens (including phenoxy) is 1. The lowest BCUT2D eigenvalue weighted by Gasteiger charge is -2.09. The second kappa shape index (κ2) is 7.09. The molecule has 0 fully saturated rings. The summed E-state index contributed by atoms with van der Waals surface area (Å²) < 4.78 is 5.17. The Morgan fingerprint density at radius 1 is 1.14 bits per heavy atom. The van der Waals surface area contributed by atoms with Crippen LogP contribution in [0.25, 0.3) is 0 Å². The topological polar surface area (TPSA) is 42.9 Å². The fourth-order valence-corrected chi connectivity index (χ4v) is 2.47. The van der Waals surface area contributed by atoms with Crippen LogP contribution in [0.5, 0.6) is 5.75 Å². The van der Waals surface area contributed by atoms with E-state index in [1.807, 2.05) is 42.5 Å². The van der Waals surface area contributed by atoms with Crippen molar-refractivity contribution in [2.45, 2.75) is 19.1 Å². The van der Waals surface area contributed by atoms with E-state index in [0.717, 1.165) is 36.5 Å². The van der Waals surface area contributed by atoms with E-state index in [2.05, 4.69) is 22.6 Å². The van der Waals surface area contributed by atoms with Crippen molar-refractivity contribution >= 4 is 5.71 Å². The Bertz CT molecular complexity index is 623. The number of benzene rings is 2. The maximum absolute atomic E-state index is 5.51. The summed E-state index contributed by atoms with van der Waals surface area (Å²) in [6.45, 7) is 1.64. The Morgan fingerprint density at radius 3 is 2.64 bits per heavy atom. The molecule has 1 aliphatic heterocycles. The molecule has 4 nitrogen and oxygen atoms in total. The van der Waals surface area contributed by atoms with Gasteiger partial charge in [-0.2, -0.15) is 0 Å². The maximum Gasteiger partial charge on any atom is 0.145 e. The van der Waals surface area contributed by atoms with E-state index in [0.29, 0.717) is 0 Å². The lowest BCUT2D eigenvalue weighted by molar-refractivity contribution is 0.0848. The van der Waals surface area contributed by atoms with E-state index in [4.69, 9.17) is 9.57 Å². The lowest BCUT2D eigenvalue weighted by atomic mass is 10.0. The summed E-state index contributed by atoms with van der Waals surface area (Å²) in [6, 6.07) is 18.3. The minimum absolute atomic E-state index is 0.0980. The first-order valence-electron chi connectivity index (χ1n) is 7.47. The molecule has 1 aliphatic rings. The molecule has 3 rings (SSSR count). The third-order valence-electron chi connectivity index (χ3n) is 3.70. The summed E-state index contributed by atoms with van der Waals surface area (Å²) in [5.41, 5.74) is 3.36. The molecule has 1 heterocycles. The van der Waals surface area contributed by atoms with Crippen LogP contribution >= 0.6 is 0 Å². The Kier molecular flexibility index (Phi) is 4.71. The molecule has 0 amide bonds. The highest BCUT2D eigenvalue weighted by molar-refractivity contribution is 6.01. The van der Waals surface area contributed by atoms with E-state index < -0.39 is 0 Å². The molecule has 0 aliphatic carbocycles. The van der Waals surface area contributed by atoms with Crippen molar-refractivity contribution < 1.29 is 9.57 Å². The smallest absolute Gasteiger partial charge is 0.145 e. The van der Waals surface area contributed by atoms with Crippen molar-refractivity contribution in [1.29, 1.82) is 0 Å². The summed E-state index contributed by atoms with van der Waals surface area (Å²) in [7, 11) is 1.67. The quantitative estimate of drug-likeness (QED) is 0.891. The van der Waals surface area contributed by atoms with Gasteiger partial charge in [-0.1, -0.05) is 35.5 Å². The zero-order valence-electron chi connectivity index (χ0n) is 12.7. The molecule has 22 heavy (non-hydrogen) atoms. The highest BCUT2D eigenvalue weighted by atomic mass is 16.6. The normalized spacial score (nSPS) is 17.0. The Balaban J connectivity index is 1.47. The summed E-state index contributed by atoms with van der Waals surface area (Å²) in [5, 5.41) is 7.62. The standard InChI is InChI=1S/C18H20N2O2/c1-21-16-9-7-15(8-10-16)18-11-17(22-20-18)13-19-12-14-5-3-2-4-6-14/h2-10,17,19H,11-13H2,1H3/t17-/m1/s1. The second-order valence-corrected chi connectivity index (χ2v) is 5.31. The van der Waals surface area contributed by atoms with Gasteiger partial charge in [0, 0.05) is 19.5 Å². The zero-order valence-corrected chi connectivity index (χ0v) is 12.7. The van der Waals surface area contributed by atoms with Crippen molar-refractivity contribution in [3.63, 3.8) is 0 Å². The SMILES string of the molecule is COc1ccc(C2=NO[C@@H](CNCc3ccccc3)C2)cc1. The van der Waals surface area contributed by atoms with Crippen LogP contribution < -0.4 is 10.1 Å². The van der Waals surface area contributed by atoms with Crippen molar-refractivity contribution in [3.05, 3.63) is 65.7 Å². The van der Waals surface area contributed by atoms with Crippen LogP contribution in [0.1, 0.15) is 17.5 Å². The van der Waals surface area contributed by atoms with Crippen LogP contribution in [0.15, 0.2) is 59.8 Å². The van der Waals surface area contributed by atoms with Crippen molar-refractivity contribution in [2.24, 2.45) is 5.16 Å². The Morgan fingerprint density at radius 2 is 1.91 bits per heavy atom. The van der Waals surface area contributed by atoms with Gasteiger partial charge in [-0.3, -0.25) is 0 Å². The first-order chi connectivity index (χ1) is 10.8. The third kappa shape index (κ3) is 3.65. The van der Waals surface area contributed by atoms with E-state index in [1.165, 1.54) is 5.56 Å². The molecule has 0 saturated heterocycles. The minimum Gasteiger partial charge on any atom is -0.497 e. The van der Waals surface area contributed by atoms with Crippen LogP contribution in [0, 0.1) is 0 Å². The average Bonchev–Trinajstić information content (AvgIpc) is 3.05. The third-order valence-corrected chi connectivity index (χ3v) is 3.70. The van der Waals surface area contributed by atoms with Gasteiger partial charge in [0.1, 0.15) is 11.9 Å². The molecule has 1 atom stereocenters. The van der Waals surface area contributed by atoms with Gasteiger partial charge in [0.25, 0.3) is 0 Å². The van der Waals surface area contributed by atoms with Crippen LogP contribution in [-0.4, -0.2) is 25.5 Å². The molecule has 0 bridgehead atoms. The van der Waals surface area contributed by atoms with Gasteiger partial charge >= 0.3 is 0 Å². The number of hydrogen-bond acceptors (Lipinski definition) is 4. The summed E-state index contributed by atoms with van der Waals surface area (Å²) in [5.74, 6) is 0.851. The Hall–Kier alpha value is -2.33. The van der Waals surface area contributed by atoms with Gasteiger partial charge in [0.15, 0.2) is 0 Å². The van der Waals surface area contributed by atoms with Crippen molar-refractivity contribution in [3.8, 4) is 5.75 Å². The molecule has 2 aromatic rings. The fourth-order valence-electron chi connectivity index (χ4n) is 2.47. The lowest BCUT2D eigenvalue weighted by Crippen LogP contribution is -2.26. The van der Waals surface area contributed by atoms with Gasteiger partial charge in [0.05, 0.1) is 12.8 Å². The van der Waals surface area contributed by atoms with Crippen molar-refractivity contribution in [2.75, 3.05) is 13.7 Å². The molecule has 2 aromatic carbocycles. The molecular formula is C18H20N2O2. The molecular weight excluding hydrogens is 276 g/mol. The number of nitrogens with zero attached hydrogens (tertiary/aromatic N) is 1. The highest BCUT2D eigenvalue weighted by Gasteiger charge is 2.21. The van der Waals surface area contributed by atoms with E-state index in [1.54, 1.807) is 7.11 Å². The van der Waals surface area contributed by atoms with Crippen LogP contribution in [-0.2, 0) is 11.4 Å². The maximum atomic E-state index is 5.51. The first-order valence-corrected chi connectivity index (χ1v) is 7.47. The van der Waals surface area contributed by atoms with Gasteiger partial charge < -0.3 is 14.9 Å². The molecule has 4 heteroatoms.